The van der Waals surface area contributed by atoms with E-state index in [1.807, 2.05) is 22.8 Å². The number of carboxylic acid groups (broad SMARTS) is 1. The summed E-state index contributed by atoms with van der Waals surface area (Å²) >= 11 is 0. The summed E-state index contributed by atoms with van der Waals surface area (Å²) in [6, 6.07) is 12.8. The Morgan fingerprint density at radius 3 is 2.72 bits per heavy atom. The Morgan fingerprint density at radius 2 is 1.97 bits per heavy atom. The van der Waals surface area contributed by atoms with Gasteiger partial charge in [0.1, 0.15) is 5.56 Å². The zero-order valence-corrected chi connectivity index (χ0v) is 15.8. The predicted octanol–water partition coefficient (Wildman–Crippen LogP) is 3.56. The van der Waals surface area contributed by atoms with Gasteiger partial charge >= 0.3 is 5.97 Å². The number of rotatable bonds is 2. The van der Waals surface area contributed by atoms with E-state index in [0.717, 1.165) is 29.5 Å². The Morgan fingerprint density at radius 1 is 1.17 bits per heavy atom. The summed E-state index contributed by atoms with van der Waals surface area (Å²) in [5.74, 6) is -0.790. The lowest BCUT2D eigenvalue weighted by Crippen LogP contribution is -2.32. The molecule has 29 heavy (non-hydrogen) atoms. The molecule has 0 bridgehead atoms. The molecule has 5 rings (SSSR count). The van der Waals surface area contributed by atoms with Crippen molar-refractivity contribution >= 4 is 5.97 Å². The Bertz CT molecular complexity index is 1230. The molecule has 1 aliphatic heterocycles. The van der Waals surface area contributed by atoms with Gasteiger partial charge in [-0.25, -0.2) is 4.79 Å². The van der Waals surface area contributed by atoms with E-state index >= 15 is 0 Å². The number of carbonyl (C=O) groups is 1. The molecule has 6 heteroatoms. The number of aromatic nitrogens is 1. The third-order valence-corrected chi connectivity index (χ3v) is 6.12. The number of benzene rings is 2. The minimum absolute atomic E-state index is 0.0118. The van der Waals surface area contributed by atoms with E-state index in [1.54, 1.807) is 6.07 Å². The second kappa shape index (κ2) is 6.24. The van der Waals surface area contributed by atoms with E-state index < -0.39 is 11.4 Å². The lowest BCUT2D eigenvalue weighted by atomic mass is 9.72. The van der Waals surface area contributed by atoms with E-state index in [4.69, 9.17) is 4.74 Å². The number of phenolic OH excluding ortho intramolecular Hbond substituents is 1. The highest BCUT2D eigenvalue weighted by Crippen LogP contribution is 2.52. The van der Waals surface area contributed by atoms with Crippen LogP contribution in [0.1, 0.15) is 45.4 Å². The Balaban J connectivity index is 1.87. The molecular weight excluding hydrogens is 370 g/mol. The minimum atomic E-state index is -1.24. The van der Waals surface area contributed by atoms with E-state index in [0.29, 0.717) is 11.4 Å². The van der Waals surface area contributed by atoms with Crippen LogP contribution in [0.5, 0.6) is 11.5 Å². The van der Waals surface area contributed by atoms with Gasteiger partial charge in [-0.2, -0.15) is 0 Å². The quantitative estimate of drug-likeness (QED) is 0.700. The first-order valence-corrected chi connectivity index (χ1v) is 9.48. The van der Waals surface area contributed by atoms with Gasteiger partial charge in [-0.05, 0) is 41.7 Å². The van der Waals surface area contributed by atoms with E-state index in [1.165, 1.54) is 24.9 Å². The fraction of sp³-hybridized carbons (Fsp3) is 0.217. The molecule has 0 spiro atoms. The van der Waals surface area contributed by atoms with Gasteiger partial charge in [-0.1, -0.05) is 24.3 Å². The smallest absolute Gasteiger partial charge is 0.341 e. The van der Waals surface area contributed by atoms with Crippen LogP contribution in [0.15, 0.2) is 53.5 Å². The van der Waals surface area contributed by atoms with Crippen LogP contribution in [-0.2, 0) is 6.42 Å². The third-order valence-electron chi connectivity index (χ3n) is 6.12. The molecule has 6 nitrogen and oxygen atoms in total. The molecule has 2 aliphatic rings. The molecular formula is C23H19NO5. The van der Waals surface area contributed by atoms with E-state index in [-0.39, 0.29) is 23.3 Å². The van der Waals surface area contributed by atoms with Crippen molar-refractivity contribution in [3.63, 3.8) is 0 Å². The lowest BCUT2D eigenvalue weighted by molar-refractivity contribution is 0.0694. The first-order chi connectivity index (χ1) is 14.0. The van der Waals surface area contributed by atoms with Crippen molar-refractivity contribution in [1.29, 1.82) is 0 Å². The molecule has 2 atom stereocenters. The van der Waals surface area contributed by atoms with Crippen LogP contribution >= 0.6 is 0 Å². The van der Waals surface area contributed by atoms with Crippen molar-refractivity contribution in [2.24, 2.45) is 0 Å². The van der Waals surface area contributed by atoms with Gasteiger partial charge in [0.05, 0.1) is 18.8 Å². The number of ether oxygens (including phenoxy) is 1. The maximum Gasteiger partial charge on any atom is 0.341 e. The summed E-state index contributed by atoms with van der Waals surface area (Å²) < 4.78 is 7.22. The molecule has 0 saturated heterocycles. The summed E-state index contributed by atoms with van der Waals surface area (Å²) in [6.07, 6.45) is 3.22. The number of carboxylic acids is 1. The second-order valence-corrected chi connectivity index (χ2v) is 7.55. The topological polar surface area (TPSA) is 88.8 Å². The predicted molar refractivity (Wildman–Crippen MR) is 107 cm³/mol. The van der Waals surface area contributed by atoms with Crippen molar-refractivity contribution in [2.75, 3.05) is 7.11 Å². The summed E-state index contributed by atoms with van der Waals surface area (Å²) in [4.78, 5) is 24.1. The van der Waals surface area contributed by atoms with Gasteiger partial charge < -0.3 is 19.5 Å². The summed E-state index contributed by atoms with van der Waals surface area (Å²) in [6.45, 7) is 0. The summed E-state index contributed by atoms with van der Waals surface area (Å²) in [7, 11) is 1.51. The molecule has 146 valence electrons. The maximum absolute atomic E-state index is 12.5. The maximum atomic E-state index is 12.5. The lowest BCUT2D eigenvalue weighted by Gasteiger charge is -2.41. The fourth-order valence-corrected chi connectivity index (χ4v) is 4.84. The first kappa shape index (κ1) is 17.6. The van der Waals surface area contributed by atoms with Crippen molar-refractivity contribution in [3.8, 4) is 22.8 Å². The van der Waals surface area contributed by atoms with Crippen molar-refractivity contribution in [2.45, 2.75) is 24.8 Å². The third kappa shape index (κ3) is 2.49. The number of fused-ring (bicyclic) bond motifs is 8. The number of aromatic hydroxyl groups is 1. The zero-order valence-electron chi connectivity index (χ0n) is 15.8. The second-order valence-electron chi connectivity index (χ2n) is 7.55. The van der Waals surface area contributed by atoms with E-state index in [2.05, 4.69) is 12.1 Å². The Hall–Kier alpha value is -3.54. The summed E-state index contributed by atoms with van der Waals surface area (Å²) in [5, 5.41) is 19.8. The van der Waals surface area contributed by atoms with Crippen molar-refractivity contribution in [1.82, 2.24) is 4.57 Å². The molecule has 1 aromatic heterocycles. The minimum Gasteiger partial charge on any atom is -0.504 e. The highest BCUT2D eigenvalue weighted by molar-refractivity contribution is 5.88. The Labute approximate surface area is 166 Å². The molecule has 0 fully saturated rings. The number of hydrogen-bond acceptors (Lipinski definition) is 4. The van der Waals surface area contributed by atoms with Gasteiger partial charge in [-0.15, -0.1) is 0 Å². The van der Waals surface area contributed by atoms with Crippen LogP contribution in [0.2, 0.25) is 0 Å². The number of hydrogen-bond donors (Lipinski definition) is 2. The number of aromatic carboxylic acids is 1. The van der Waals surface area contributed by atoms with Crippen LogP contribution < -0.4 is 10.2 Å². The number of nitrogens with zero attached hydrogens (tertiary/aromatic N) is 1. The van der Waals surface area contributed by atoms with Gasteiger partial charge in [0, 0.05) is 23.7 Å². The number of pyridine rings is 1. The molecule has 2 aromatic carbocycles. The number of aryl methyl sites for hydroxylation is 1. The SMILES string of the molecule is COc1cc2c(cc1O)-c1cc(=O)c(C(=O)O)cn1C1c3ccccc3CCC21. The Kier molecular flexibility index (Phi) is 3.77. The standard InChI is InChI=1S/C23H19NO5/c1-29-21-9-15-14-7-6-12-4-2-3-5-13(12)22(14)24-11-17(23(27)28)19(25)10-18(24)16(15)8-20(21)26/h2-5,8-11,14,22,26H,6-7H2,1H3,(H,27,28). The van der Waals surface area contributed by atoms with Crippen LogP contribution in [0.3, 0.4) is 0 Å². The van der Waals surface area contributed by atoms with Gasteiger partial charge in [0.15, 0.2) is 16.9 Å². The zero-order chi connectivity index (χ0) is 20.3. The first-order valence-electron chi connectivity index (χ1n) is 9.48. The van der Waals surface area contributed by atoms with E-state index in [9.17, 15) is 19.8 Å². The van der Waals surface area contributed by atoms with Gasteiger partial charge in [0.25, 0.3) is 0 Å². The van der Waals surface area contributed by atoms with Gasteiger partial charge in [-0.3, -0.25) is 4.79 Å². The van der Waals surface area contributed by atoms with Crippen molar-refractivity contribution < 1.29 is 19.7 Å². The molecule has 0 radical (unpaired) electrons. The molecule has 1 aliphatic carbocycles. The van der Waals surface area contributed by atoms with Gasteiger partial charge in [0.2, 0.25) is 0 Å². The van der Waals surface area contributed by atoms with Crippen LogP contribution in [0.25, 0.3) is 11.3 Å². The normalized spacial score (nSPS) is 18.8. The average molecular weight is 389 g/mol. The molecule has 0 saturated carbocycles. The molecule has 0 amide bonds. The molecule has 3 aromatic rings. The van der Waals surface area contributed by atoms with Crippen molar-refractivity contribution in [3.05, 3.63) is 81.1 Å². The fourth-order valence-electron chi connectivity index (χ4n) is 4.84. The number of phenols is 1. The summed E-state index contributed by atoms with van der Waals surface area (Å²) in [5.41, 5.74) is 3.89. The monoisotopic (exact) mass is 389 g/mol. The van der Waals surface area contributed by atoms with Crippen LogP contribution in [-0.4, -0.2) is 27.9 Å². The average Bonchev–Trinajstić information content (AvgIpc) is 2.72. The van der Waals surface area contributed by atoms with Crippen LogP contribution in [0, 0.1) is 0 Å². The van der Waals surface area contributed by atoms with Crippen LogP contribution in [0.4, 0.5) is 0 Å². The highest BCUT2D eigenvalue weighted by Gasteiger charge is 2.39. The largest absolute Gasteiger partial charge is 0.504 e. The molecule has 2 N–H and O–H groups in total. The number of methoxy groups -OCH3 is 1. The molecule has 2 unspecified atom stereocenters. The highest BCUT2D eigenvalue weighted by atomic mass is 16.5. The molecule has 2 heterocycles.